The van der Waals surface area contributed by atoms with Gasteiger partial charge in [-0.25, -0.2) is 0 Å². The minimum absolute atomic E-state index is 0.300. The van der Waals surface area contributed by atoms with Crippen molar-refractivity contribution in [3.8, 4) is 22.6 Å². The van der Waals surface area contributed by atoms with Crippen LogP contribution in [0, 0.1) is 6.92 Å². The third kappa shape index (κ3) is 2.92. The van der Waals surface area contributed by atoms with Crippen LogP contribution in [-0.4, -0.2) is 11.7 Å². The summed E-state index contributed by atoms with van der Waals surface area (Å²) in [7, 11) is 0. The Kier molecular flexibility index (Phi) is 3.92. The van der Waals surface area contributed by atoms with Crippen molar-refractivity contribution in [2.75, 3.05) is 0 Å². The number of rotatable bonds is 4. The van der Waals surface area contributed by atoms with Crippen LogP contribution in [-0.2, 0) is 0 Å². The second-order valence-electron chi connectivity index (χ2n) is 5.69. The lowest BCUT2D eigenvalue weighted by molar-refractivity contribution is -0.115. The van der Waals surface area contributed by atoms with Gasteiger partial charge in [0.05, 0.1) is 11.1 Å². The molecular formula is C19H20N4O+2. The standard InChI is InChI=1S/C19H18N4O/c1-11-10-16(12-2-6-14(7-3-12)18(20)21)24-17(11)13-4-8-15(9-5-13)19(22)23/h2-10H,1H3,(H3,20,21)(H3,22,23)/p+2. The smallest absolute Gasteiger partial charge is 0.270 e. The van der Waals surface area contributed by atoms with E-state index in [1.54, 1.807) is 0 Å². The first kappa shape index (κ1) is 15.6. The number of furan rings is 1. The molecule has 0 aliphatic carbocycles. The van der Waals surface area contributed by atoms with E-state index in [1.165, 1.54) is 0 Å². The SMILES string of the molecule is Cc1cc(-c2ccc(C(N)=[NH2+])cc2)oc1-c1ccc(C(N)=[NH2+])cc1. The Hall–Kier alpha value is -3.34. The van der Waals surface area contributed by atoms with Crippen LogP contribution in [0.15, 0.2) is 59.0 Å². The number of benzene rings is 2. The fourth-order valence-corrected chi connectivity index (χ4v) is 2.55. The van der Waals surface area contributed by atoms with Gasteiger partial charge in [0, 0.05) is 11.1 Å². The first-order valence-electron chi connectivity index (χ1n) is 7.53. The quantitative estimate of drug-likeness (QED) is 0.396. The summed E-state index contributed by atoms with van der Waals surface area (Å²) < 4.78 is 6.05. The second kappa shape index (κ2) is 6.04. The molecule has 1 aromatic heterocycles. The summed E-state index contributed by atoms with van der Waals surface area (Å²) >= 11 is 0. The zero-order valence-electron chi connectivity index (χ0n) is 13.4. The molecule has 3 rings (SSSR count). The Morgan fingerprint density at radius 2 is 1.25 bits per heavy atom. The summed E-state index contributed by atoms with van der Waals surface area (Å²) in [6.07, 6.45) is 0. The van der Waals surface area contributed by atoms with E-state index < -0.39 is 0 Å². The molecule has 0 radical (unpaired) electrons. The summed E-state index contributed by atoms with van der Waals surface area (Å²) in [6.45, 7) is 2.01. The highest BCUT2D eigenvalue weighted by atomic mass is 16.3. The maximum atomic E-state index is 6.05. The molecule has 0 aliphatic rings. The Morgan fingerprint density at radius 1 is 0.792 bits per heavy atom. The van der Waals surface area contributed by atoms with Gasteiger partial charge in [0.25, 0.3) is 11.7 Å². The molecular weight excluding hydrogens is 300 g/mol. The molecule has 0 aliphatic heterocycles. The Balaban J connectivity index is 1.95. The zero-order chi connectivity index (χ0) is 17.3. The highest BCUT2D eigenvalue weighted by Gasteiger charge is 2.13. The molecule has 0 bridgehead atoms. The zero-order valence-corrected chi connectivity index (χ0v) is 13.4. The maximum Gasteiger partial charge on any atom is 0.270 e. The van der Waals surface area contributed by atoms with E-state index in [9.17, 15) is 0 Å². The number of hydrogen-bond acceptors (Lipinski definition) is 1. The van der Waals surface area contributed by atoms with Crippen molar-refractivity contribution in [2.45, 2.75) is 6.92 Å². The maximum absolute atomic E-state index is 6.05. The lowest BCUT2D eigenvalue weighted by atomic mass is 10.1. The van der Waals surface area contributed by atoms with Crippen molar-refractivity contribution in [1.82, 2.24) is 0 Å². The molecule has 24 heavy (non-hydrogen) atoms. The second-order valence-corrected chi connectivity index (χ2v) is 5.69. The van der Waals surface area contributed by atoms with E-state index in [0.717, 1.165) is 39.3 Å². The van der Waals surface area contributed by atoms with Gasteiger partial charge in [-0.1, -0.05) is 24.3 Å². The summed E-state index contributed by atoms with van der Waals surface area (Å²) in [4.78, 5) is 0. The highest BCUT2D eigenvalue weighted by Crippen LogP contribution is 2.32. The molecule has 5 heteroatoms. The molecule has 0 saturated carbocycles. The molecule has 120 valence electrons. The molecule has 0 amide bonds. The van der Waals surface area contributed by atoms with Gasteiger partial charge in [-0.2, -0.15) is 0 Å². The van der Waals surface area contributed by atoms with Crippen LogP contribution in [0.3, 0.4) is 0 Å². The number of nitrogens with two attached hydrogens (primary N) is 4. The molecule has 0 fully saturated rings. The van der Waals surface area contributed by atoms with Crippen LogP contribution in [0.25, 0.3) is 22.6 Å². The molecule has 0 saturated heterocycles. The van der Waals surface area contributed by atoms with Crippen LogP contribution in [0.1, 0.15) is 16.7 Å². The number of aryl methyl sites for hydroxylation is 1. The molecule has 2 aromatic carbocycles. The normalized spacial score (nSPS) is 10.5. The molecule has 8 N–H and O–H groups in total. The number of hydrogen-bond donors (Lipinski definition) is 4. The third-order valence-corrected chi connectivity index (χ3v) is 3.90. The largest absolute Gasteiger partial charge is 0.456 e. The van der Waals surface area contributed by atoms with Crippen LogP contribution < -0.4 is 22.3 Å². The van der Waals surface area contributed by atoms with Crippen LogP contribution in [0.2, 0.25) is 0 Å². The van der Waals surface area contributed by atoms with Gasteiger partial charge in [-0.05, 0) is 42.8 Å². The molecule has 0 spiro atoms. The predicted octanol–water partition coefficient (Wildman–Crippen LogP) is -0.149. The van der Waals surface area contributed by atoms with Crippen molar-refractivity contribution >= 4 is 11.7 Å². The van der Waals surface area contributed by atoms with Gasteiger partial charge in [-0.15, -0.1) is 0 Å². The van der Waals surface area contributed by atoms with Crippen molar-refractivity contribution in [3.63, 3.8) is 0 Å². The van der Waals surface area contributed by atoms with Crippen molar-refractivity contribution < 1.29 is 15.2 Å². The summed E-state index contributed by atoms with van der Waals surface area (Å²) in [6, 6.07) is 17.3. The summed E-state index contributed by atoms with van der Waals surface area (Å²) in [5.41, 5.74) is 15.8. The van der Waals surface area contributed by atoms with Crippen LogP contribution in [0.4, 0.5) is 0 Å². The molecule has 5 nitrogen and oxygen atoms in total. The van der Waals surface area contributed by atoms with Gasteiger partial charge >= 0.3 is 0 Å². The van der Waals surface area contributed by atoms with Gasteiger partial charge in [-0.3, -0.25) is 22.3 Å². The monoisotopic (exact) mass is 320 g/mol. The Morgan fingerprint density at radius 3 is 1.71 bits per heavy atom. The highest BCUT2D eigenvalue weighted by molar-refractivity contribution is 5.93. The average molecular weight is 320 g/mol. The first-order valence-corrected chi connectivity index (χ1v) is 7.53. The Labute approximate surface area is 139 Å². The fraction of sp³-hybridized carbons (Fsp3) is 0.0526. The van der Waals surface area contributed by atoms with Gasteiger partial charge < -0.3 is 4.42 Å². The van der Waals surface area contributed by atoms with Crippen LogP contribution in [0.5, 0.6) is 0 Å². The van der Waals surface area contributed by atoms with Crippen LogP contribution >= 0.6 is 0 Å². The third-order valence-electron chi connectivity index (χ3n) is 3.90. The minimum atomic E-state index is 0.300. The topological polar surface area (TPSA) is 116 Å². The van der Waals surface area contributed by atoms with Gasteiger partial charge in [0.15, 0.2) is 0 Å². The summed E-state index contributed by atoms with van der Waals surface area (Å²) in [5.74, 6) is 2.21. The van der Waals surface area contributed by atoms with E-state index in [1.807, 2.05) is 61.5 Å². The van der Waals surface area contributed by atoms with E-state index in [0.29, 0.717) is 11.7 Å². The van der Waals surface area contributed by atoms with Gasteiger partial charge in [0.1, 0.15) is 11.5 Å². The Bertz CT molecular complexity index is 906. The molecule has 0 atom stereocenters. The van der Waals surface area contributed by atoms with E-state index in [4.69, 9.17) is 26.7 Å². The molecule has 1 heterocycles. The number of amidine groups is 2. The predicted molar refractivity (Wildman–Crippen MR) is 94.8 cm³/mol. The van der Waals surface area contributed by atoms with Gasteiger partial charge in [0.2, 0.25) is 0 Å². The lowest BCUT2D eigenvalue weighted by Crippen LogP contribution is -2.46. The van der Waals surface area contributed by atoms with Crippen molar-refractivity contribution in [2.24, 2.45) is 11.5 Å². The molecule has 0 unspecified atom stereocenters. The molecule has 3 aromatic rings. The average Bonchev–Trinajstić information content (AvgIpc) is 2.97. The van der Waals surface area contributed by atoms with Crippen molar-refractivity contribution in [3.05, 3.63) is 71.3 Å². The van der Waals surface area contributed by atoms with Crippen molar-refractivity contribution in [1.29, 1.82) is 0 Å². The minimum Gasteiger partial charge on any atom is -0.456 e. The fourth-order valence-electron chi connectivity index (χ4n) is 2.55. The lowest BCUT2D eigenvalue weighted by Gasteiger charge is -2.01. The van der Waals surface area contributed by atoms with E-state index in [2.05, 4.69) is 0 Å². The van der Waals surface area contributed by atoms with E-state index >= 15 is 0 Å². The van der Waals surface area contributed by atoms with E-state index in [-0.39, 0.29) is 0 Å². The summed E-state index contributed by atoms with van der Waals surface area (Å²) in [5, 5.41) is 11.2. The first-order chi connectivity index (χ1) is 11.5.